The van der Waals surface area contributed by atoms with Gasteiger partial charge in [0, 0.05) is 33.4 Å². The van der Waals surface area contributed by atoms with E-state index in [1.807, 2.05) is 72.8 Å². The maximum Gasteiger partial charge on any atom is 0.160 e. The van der Waals surface area contributed by atoms with Gasteiger partial charge in [0.25, 0.3) is 0 Å². The summed E-state index contributed by atoms with van der Waals surface area (Å²) in [6.45, 7) is 0. The van der Waals surface area contributed by atoms with Crippen LogP contribution in [0.15, 0.2) is 176 Å². The highest BCUT2D eigenvalue weighted by Crippen LogP contribution is 2.40. The van der Waals surface area contributed by atoms with E-state index in [0.29, 0.717) is 11.6 Å². The summed E-state index contributed by atoms with van der Waals surface area (Å²) in [4.78, 5) is 20.1. The predicted octanol–water partition coefficient (Wildman–Crippen LogP) is 10.8. The zero-order chi connectivity index (χ0) is 34.0. The highest BCUT2D eigenvalue weighted by atomic mass is 16.5. The standard InChI is InChI=1S/C46H32N4O/c1-5-13-31(14-6-1)40-29-42(49-45(47-40)34-17-9-3-10-18-34)33-21-22-36-27-38(25-23-33)51-44-26-24-37(28-39(36)44)43-30-41(32-15-7-2-8-16-32)48-46(50-43)35-19-11-4-12-20-35/h1-21,23-30,38H,22H2/b25-23-,33-21+. The number of hydrogen-bond acceptors (Lipinski definition) is 5. The maximum atomic E-state index is 6.53. The second-order valence-corrected chi connectivity index (χ2v) is 12.6. The fraction of sp³-hybridized carbons (Fsp3) is 0.0435. The van der Waals surface area contributed by atoms with Crippen LogP contribution in [0.3, 0.4) is 0 Å². The minimum absolute atomic E-state index is 0.195. The molecule has 51 heavy (non-hydrogen) atoms. The van der Waals surface area contributed by atoms with Crippen LogP contribution in [0.25, 0.3) is 67.7 Å². The van der Waals surface area contributed by atoms with Crippen molar-refractivity contribution in [3.05, 3.63) is 187 Å². The number of benzene rings is 5. The molecule has 0 saturated carbocycles. The van der Waals surface area contributed by atoms with Crippen LogP contribution in [0.5, 0.6) is 5.75 Å². The van der Waals surface area contributed by atoms with Gasteiger partial charge in [0.05, 0.1) is 22.8 Å². The van der Waals surface area contributed by atoms with Crippen molar-refractivity contribution in [3.8, 4) is 62.3 Å². The van der Waals surface area contributed by atoms with Crippen LogP contribution in [0, 0.1) is 0 Å². The molecule has 0 amide bonds. The van der Waals surface area contributed by atoms with E-state index >= 15 is 0 Å². The lowest BCUT2D eigenvalue weighted by atomic mass is 9.91. The Morgan fingerprint density at radius 1 is 0.471 bits per heavy atom. The summed E-state index contributed by atoms with van der Waals surface area (Å²) in [6, 6.07) is 51.4. The van der Waals surface area contributed by atoms with Gasteiger partial charge in [-0.3, -0.25) is 0 Å². The Hall–Kier alpha value is -6.72. The summed E-state index contributed by atoms with van der Waals surface area (Å²) in [5.74, 6) is 2.25. The molecular formula is C46H32N4O. The first-order valence-corrected chi connectivity index (χ1v) is 17.1. The number of hydrogen-bond donors (Lipinski definition) is 0. The second-order valence-electron chi connectivity index (χ2n) is 12.6. The molecule has 2 bridgehead atoms. The van der Waals surface area contributed by atoms with Crippen LogP contribution in [-0.4, -0.2) is 26.0 Å². The maximum absolute atomic E-state index is 6.53. The summed E-state index contributed by atoms with van der Waals surface area (Å²) in [5, 5.41) is 0. The van der Waals surface area contributed by atoms with Crippen LogP contribution in [0.1, 0.15) is 17.7 Å². The fourth-order valence-electron chi connectivity index (χ4n) is 6.60. The van der Waals surface area contributed by atoms with Gasteiger partial charge in [-0.25, -0.2) is 19.9 Å². The largest absolute Gasteiger partial charge is 0.482 e. The van der Waals surface area contributed by atoms with Crippen LogP contribution in [0.4, 0.5) is 0 Å². The third-order valence-electron chi connectivity index (χ3n) is 9.21. The molecule has 5 aromatic carbocycles. The molecule has 5 nitrogen and oxygen atoms in total. The van der Waals surface area contributed by atoms with Crippen molar-refractivity contribution in [2.45, 2.75) is 12.5 Å². The lowest BCUT2D eigenvalue weighted by Crippen LogP contribution is -2.17. The lowest BCUT2D eigenvalue weighted by Gasteiger charge is -2.25. The molecular weight excluding hydrogens is 625 g/mol. The Morgan fingerprint density at radius 2 is 0.961 bits per heavy atom. The van der Waals surface area contributed by atoms with Crippen LogP contribution in [-0.2, 0) is 0 Å². The number of nitrogens with zero attached hydrogens (tertiary/aromatic N) is 4. The molecule has 0 radical (unpaired) electrons. The van der Waals surface area contributed by atoms with Crippen molar-refractivity contribution in [1.29, 1.82) is 0 Å². The van der Waals surface area contributed by atoms with E-state index in [1.165, 1.54) is 5.57 Å². The minimum atomic E-state index is -0.195. The molecule has 242 valence electrons. The molecule has 0 fully saturated rings. The van der Waals surface area contributed by atoms with Crippen LogP contribution in [0.2, 0.25) is 0 Å². The quantitative estimate of drug-likeness (QED) is 0.178. The molecule has 0 saturated heterocycles. The lowest BCUT2D eigenvalue weighted by molar-refractivity contribution is 0.291. The Morgan fingerprint density at radius 3 is 1.53 bits per heavy atom. The van der Waals surface area contributed by atoms with Gasteiger partial charge in [0.1, 0.15) is 11.9 Å². The highest BCUT2D eigenvalue weighted by Gasteiger charge is 2.22. The molecule has 2 aliphatic rings. The van der Waals surface area contributed by atoms with E-state index in [1.54, 1.807) is 0 Å². The van der Waals surface area contributed by atoms with E-state index in [9.17, 15) is 0 Å². The topological polar surface area (TPSA) is 60.8 Å². The Labute approximate surface area is 297 Å². The first-order chi connectivity index (χ1) is 25.2. The van der Waals surface area contributed by atoms with Crippen LogP contribution < -0.4 is 4.74 Å². The van der Waals surface area contributed by atoms with Gasteiger partial charge in [-0.15, -0.1) is 0 Å². The van der Waals surface area contributed by atoms with Gasteiger partial charge in [0.2, 0.25) is 0 Å². The summed E-state index contributed by atoms with van der Waals surface area (Å²) in [7, 11) is 0. The summed E-state index contributed by atoms with van der Waals surface area (Å²) in [6.07, 6.45) is 9.23. The first-order valence-electron chi connectivity index (χ1n) is 17.1. The van der Waals surface area contributed by atoms with Crippen molar-refractivity contribution >= 4 is 11.1 Å². The zero-order valence-electron chi connectivity index (χ0n) is 27.7. The molecule has 0 N–H and O–H groups in total. The van der Waals surface area contributed by atoms with Gasteiger partial charge in [-0.1, -0.05) is 133 Å². The first kappa shape index (κ1) is 30.3. The SMILES string of the molecule is C1=C2C/C=C(c3cc(-c4ccccc4)nc(-c4ccccc4)n3)\C=C/C1Oc1ccc(-c3cc(-c4ccccc4)nc(-c4ccccc4)n3)cc12. The third kappa shape index (κ3) is 6.29. The van der Waals surface area contributed by atoms with Gasteiger partial charge >= 0.3 is 0 Å². The van der Waals surface area contributed by atoms with Gasteiger partial charge in [0.15, 0.2) is 11.6 Å². The van der Waals surface area contributed by atoms with E-state index in [0.717, 1.165) is 73.9 Å². The summed E-state index contributed by atoms with van der Waals surface area (Å²) in [5.41, 5.74) is 11.8. The molecule has 1 aliphatic heterocycles. The van der Waals surface area contributed by atoms with Crippen molar-refractivity contribution in [2.24, 2.45) is 0 Å². The summed E-state index contributed by atoms with van der Waals surface area (Å²) < 4.78 is 6.53. The van der Waals surface area contributed by atoms with Gasteiger partial charge < -0.3 is 4.74 Å². The Bertz CT molecular complexity index is 2340. The highest BCUT2D eigenvalue weighted by molar-refractivity contribution is 5.84. The minimum Gasteiger partial charge on any atom is -0.482 e. The molecule has 1 atom stereocenters. The average Bonchev–Trinajstić information content (AvgIpc) is 3.21. The number of fused-ring (bicyclic) bond motifs is 3. The number of ether oxygens (including phenoxy) is 1. The van der Waals surface area contributed by atoms with E-state index < -0.39 is 0 Å². The zero-order valence-corrected chi connectivity index (χ0v) is 27.7. The molecule has 1 unspecified atom stereocenters. The molecule has 9 rings (SSSR count). The fourth-order valence-corrected chi connectivity index (χ4v) is 6.60. The molecule has 5 heteroatoms. The number of allylic oxidation sites excluding steroid dienone is 4. The van der Waals surface area contributed by atoms with Crippen molar-refractivity contribution < 1.29 is 4.74 Å². The van der Waals surface area contributed by atoms with Crippen molar-refractivity contribution in [2.75, 3.05) is 0 Å². The van der Waals surface area contributed by atoms with Gasteiger partial charge in [-0.2, -0.15) is 0 Å². The van der Waals surface area contributed by atoms with Crippen LogP contribution >= 0.6 is 0 Å². The van der Waals surface area contributed by atoms with Crippen molar-refractivity contribution in [1.82, 2.24) is 19.9 Å². The van der Waals surface area contributed by atoms with E-state index in [2.05, 4.69) is 103 Å². The molecule has 0 spiro atoms. The molecule has 3 heterocycles. The normalized spacial score (nSPS) is 16.4. The number of aromatic nitrogens is 4. The second kappa shape index (κ2) is 13.3. The monoisotopic (exact) mass is 656 g/mol. The predicted molar refractivity (Wildman–Crippen MR) is 205 cm³/mol. The number of rotatable bonds is 6. The van der Waals surface area contributed by atoms with Gasteiger partial charge in [-0.05, 0) is 60.1 Å². The third-order valence-corrected chi connectivity index (χ3v) is 9.21. The van der Waals surface area contributed by atoms with Crippen molar-refractivity contribution in [3.63, 3.8) is 0 Å². The molecule has 2 aromatic heterocycles. The Kier molecular flexibility index (Phi) is 7.91. The summed E-state index contributed by atoms with van der Waals surface area (Å²) >= 11 is 0. The van der Waals surface area contributed by atoms with E-state index in [-0.39, 0.29) is 6.10 Å². The smallest absolute Gasteiger partial charge is 0.160 e. The molecule has 7 aromatic rings. The van der Waals surface area contributed by atoms with E-state index in [4.69, 9.17) is 24.7 Å². The molecule has 1 aliphatic carbocycles. The Balaban J connectivity index is 1.10. The average molecular weight is 657 g/mol.